The second-order valence-corrected chi connectivity index (χ2v) is 17.5. The normalized spacial score (nSPS) is 11.6. The van der Waals surface area contributed by atoms with Gasteiger partial charge in [0, 0.05) is 0 Å². The monoisotopic (exact) mass is 270 g/mol. The predicted octanol–water partition coefficient (Wildman–Crippen LogP) is 2.86. The van der Waals surface area contributed by atoms with Crippen molar-refractivity contribution in [2.75, 3.05) is 0 Å². The second-order valence-electron chi connectivity index (χ2n) is 2.36. The van der Waals surface area contributed by atoms with Crippen LogP contribution in [0.1, 0.15) is 5.56 Å². The van der Waals surface area contributed by atoms with Gasteiger partial charge in [0.1, 0.15) is 0 Å². The fourth-order valence-corrected chi connectivity index (χ4v) is 3.85. The van der Waals surface area contributed by atoms with E-state index in [1.807, 2.05) is 31.2 Å². The zero-order chi connectivity index (χ0) is 8.48. The molecule has 0 amide bonds. The van der Waals surface area contributed by atoms with Gasteiger partial charge >= 0.3 is 81.7 Å². The molecule has 0 unspecified atom stereocenters. The van der Waals surface area contributed by atoms with Gasteiger partial charge in [-0.1, -0.05) is 0 Å². The zero-order valence-corrected chi connectivity index (χ0v) is 10.3. The summed E-state index contributed by atoms with van der Waals surface area (Å²) in [5, 5.41) is 0. The topological polar surface area (TPSA) is 0 Å². The van der Waals surface area contributed by atoms with Gasteiger partial charge in [0.15, 0.2) is 0 Å². The number of hydrogen-bond acceptors (Lipinski definition) is 0. The van der Waals surface area contributed by atoms with Gasteiger partial charge in [0.05, 0.1) is 0 Å². The fourth-order valence-electron chi connectivity index (χ4n) is 0.743. The summed E-state index contributed by atoms with van der Waals surface area (Å²) in [4.78, 5) is 0. The molecule has 0 nitrogen and oxygen atoms in total. The second kappa shape index (κ2) is 3.57. The van der Waals surface area contributed by atoms with Gasteiger partial charge in [-0.05, 0) is 0 Å². The van der Waals surface area contributed by atoms with Crippen molar-refractivity contribution in [1.82, 2.24) is 0 Å². The van der Waals surface area contributed by atoms with Crippen LogP contribution in [0.25, 0.3) is 0 Å². The van der Waals surface area contributed by atoms with Crippen LogP contribution in [-0.4, -0.2) is 10.5 Å². The van der Waals surface area contributed by atoms with E-state index in [0.29, 0.717) is 0 Å². The van der Waals surface area contributed by atoms with Crippen molar-refractivity contribution in [3.63, 3.8) is 0 Å². The van der Waals surface area contributed by atoms with Crippen LogP contribution in [-0.2, 0) is 0 Å². The van der Waals surface area contributed by atoms with E-state index in [0.717, 1.165) is 4.40 Å². The van der Waals surface area contributed by atoms with Crippen molar-refractivity contribution in [3.8, 4) is 0 Å². The summed E-state index contributed by atoms with van der Waals surface area (Å²) in [7, 11) is 14.4. The van der Waals surface area contributed by atoms with Crippen molar-refractivity contribution in [2.45, 2.75) is 6.92 Å². The molecule has 0 fully saturated rings. The molecule has 0 spiro atoms. The van der Waals surface area contributed by atoms with Crippen molar-refractivity contribution in [2.24, 2.45) is 0 Å². The van der Waals surface area contributed by atoms with Crippen LogP contribution >= 0.6 is 30.0 Å². The zero-order valence-electron chi connectivity index (χ0n) is 5.94. The van der Waals surface area contributed by atoms with Crippen molar-refractivity contribution < 1.29 is 0 Å². The molecule has 11 heavy (non-hydrogen) atoms. The van der Waals surface area contributed by atoms with E-state index in [9.17, 15) is 0 Å². The molecule has 0 aliphatic carbocycles. The third-order valence-electron chi connectivity index (χ3n) is 1.38. The maximum atomic E-state index is 5.83. The molecule has 0 saturated heterocycles. The fraction of sp³-hybridized carbons (Fsp3) is 0.143. The quantitative estimate of drug-likeness (QED) is 0.688. The summed E-state index contributed by atoms with van der Waals surface area (Å²) in [6, 6.07) is 7.70. The molecule has 0 aliphatic heterocycles. The number of hydrogen-bond donors (Lipinski definition) is 0. The Hall–Kier alpha value is 0.633. The summed E-state index contributed by atoms with van der Waals surface area (Å²) in [6.07, 6.45) is 0. The third-order valence-corrected chi connectivity index (χ3v) is 6.85. The van der Waals surface area contributed by atoms with Gasteiger partial charge in [-0.25, -0.2) is 0 Å². The Kier molecular flexibility index (Phi) is 3.15. The molecule has 0 saturated carbocycles. The van der Waals surface area contributed by atoms with Crippen molar-refractivity contribution in [3.05, 3.63) is 29.8 Å². The van der Waals surface area contributed by atoms with E-state index in [-0.39, 0.29) is 0 Å². The van der Waals surface area contributed by atoms with E-state index in [2.05, 4.69) is 0 Å². The first-order valence-electron chi connectivity index (χ1n) is 3.14. The van der Waals surface area contributed by atoms with Crippen LogP contribution in [0.3, 0.4) is 0 Å². The van der Waals surface area contributed by atoms with E-state index >= 15 is 0 Å². The Bertz CT molecular complexity index is 237. The van der Waals surface area contributed by atoms with Crippen molar-refractivity contribution >= 4 is 44.9 Å². The van der Waals surface area contributed by atoms with Gasteiger partial charge < -0.3 is 0 Å². The summed E-state index contributed by atoms with van der Waals surface area (Å²) in [6.45, 7) is 2.01. The molecule has 4 heteroatoms. The van der Waals surface area contributed by atoms with Gasteiger partial charge in [0.25, 0.3) is 0 Å². The minimum absolute atomic E-state index is 0.889. The van der Waals surface area contributed by atoms with Gasteiger partial charge in [-0.2, -0.15) is 0 Å². The Morgan fingerprint density at radius 1 is 1.00 bits per heavy atom. The van der Waals surface area contributed by atoms with Gasteiger partial charge in [-0.15, -0.1) is 0 Å². The first-order chi connectivity index (χ1) is 5.00. The summed E-state index contributed by atoms with van der Waals surface area (Å²) < 4.78 is 0.889. The Labute approximate surface area is 81.4 Å². The molecule has 60 valence electrons. The maximum absolute atomic E-state index is 5.83. The van der Waals surface area contributed by atoms with E-state index in [4.69, 9.17) is 30.0 Å². The SMILES string of the molecule is Cc1cc[c]([Ge]([Cl])([Cl])[Cl])cc1. The van der Waals surface area contributed by atoms with Gasteiger partial charge in [-0.3, -0.25) is 0 Å². The van der Waals surface area contributed by atoms with E-state index < -0.39 is 10.5 Å². The molecule has 0 atom stereocenters. The average Bonchev–Trinajstić information content (AvgIpc) is 1.86. The van der Waals surface area contributed by atoms with Crippen LogP contribution in [0, 0.1) is 6.92 Å². The summed E-state index contributed by atoms with van der Waals surface area (Å²) in [5.41, 5.74) is 1.19. The first-order valence-corrected chi connectivity index (χ1v) is 12.5. The Balaban J connectivity index is 2.99. The van der Waals surface area contributed by atoms with Gasteiger partial charge in [0.2, 0.25) is 0 Å². The van der Waals surface area contributed by atoms with Crippen LogP contribution in [0.2, 0.25) is 0 Å². The Morgan fingerprint density at radius 2 is 1.45 bits per heavy atom. The third kappa shape index (κ3) is 2.86. The number of halogens is 3. The molecule has 1 aromatic rings. The van der Waals surface area contributed by atoms with Crippen LogP contribution in [0.5, 0.6) is 0 Å². The molecular formula is C7H7Cl3Ge. The molecular weight excluding hydrogens is 263 g/mol. The summed E-state index contributed by atoms with van der Waals surface area (Å²) in [5.74, 6) is 0. The molecule has 0 heterocycles. The van der Waals surface area contributed by atoms with Crippen LogP contribution in [0.15, 0.2) is 24.3 Å². The molecule has 0 bridgehead atoms. The van der Waals surface area contributed by atoms with E-state index in [1.165, 1.54) is 5.56 Å². The standard InChI is InChI=1S/C7H7Cl3Ge/c1-6-2-4-7(5-3-6)11(8,9)10/h2-5H,1H3. The first kappa shape index (κ1) is 9.72. The van der Waals surface area contributed by atoms with Crippen LogP contribution in [0.4, 0.5) is 0 Å². The Morgan fingerprint density at radius 3 is 1.82 bits per heavy atom. The van der Waals surface area contributed by atoms with Crippen molar-refractivity contribution in [1.29, 1.82) is 0 Å². The van der Waals surface area contributed by atoms with E-state index in [1.54, 1.807) is 0 Å². The van der Waals surface area contributed by atoms with Crippen LogP contribution < -0.4 is 4.40 Å². The number of benzene rings is 1. The summed E-state index contributed by atoms with van der Waals surface area (Å²) >= 11 is 0. The molecule has 1 rings (SSSR count). The molecule has 0 radical (unpaired) electrons. The molecule has 0 N–H and O–H groups in total. The minimum atomic E-state index is -3.11. The molecule has 0 aliphatic rings. The number of rotatable bonds is 1. The molecule has 1 aromatic carbocycles. The average molecular weight is 270 g/mol. The predicted molar refractivity (Wildman–Crippen MR) is 54.1 cm³/mol. The molecule has 0 aromatic heterocycles. The number of aryl methyl sites for hydroxylation is 1.